The molecular weight excluding hydrogens is 212 g/mol. The van der Waals surface area contributed by atoms with Crippen molar-refractivity contribution in [2.75, 3.05) is 23.7 Å². The van der Waals surface area contributed by atoms with Gasteiger partial charge in [0.05, 0.1) is 0 Å². The summed E-state index contributed by atoms with van der Waals surface area (Å²) in [6.45, 7) is 8.39. The van der Waals surface area contributed by atoms with E-state index < -0.39 is 0 Å². The van der Waals surface area contributed by atoms with Crippen LogP contribution in [0.3, 0.4) is 0 Å². The number of rotatable bonds is 6. The molecule has 0 radical (unpaired) electrons. The van der Waals surface area contributed by atoms with Gasteiger partial charge < -0.3 is 10.6 Å². The minimum atomic E-state index is 0.734. The minimum Gasteiger partial charge on any atom is -0.370 e. The van der Waals surface area contributed by atoms with Crippen molar-refractivity contribution in [2.24, 2.45) is 11.8 Å². The highest BCUT2D eigenvalue weighted by atomic mass is 15.1. The maximum atomic E-state index is 4.46. The summed E-state index contributed by atoms with van der Waals surface area (Å²) in [5.41, 5.74) is 1.00. The van der Waals surface area contributed by atoms with E-state index in [1.54, 1.807) is 0 Å². The Kier molecular flexibility index (Phi) is 3.82. The summed E-state index contributed by atoms with van der Waals surface area (Å²) >= 11 is 0. The van der Waals surface area contributed by atoms with Crippen LogP contribution in [0.2, 0.25) is 0 Å². The maximum absolute atomic E-state index is 4.46. The molecule has 1 aliphatic rings. The minimum absolute atomic E-state index is 0.734. The first-order chi connectivity index (χ1) is 8.19. The average molecular weight is 234 g/mol. The molecule has 2 atom stereocenters. The van der Waals surface area contributed by atoms with Crippen molar-refractivity contribution in [1.82, 2.24) is 9.97 Å². The summed E-state index contributed by atoms with van der Waals surface area (Å²) in [7, 11) is 0. The van der Waals surface area contributed by atoms with Gasteiger partial charge in [0.1, 0.15) is 5.82 Å². The van der Waals surface area contributed by atoms with E-state index in [4.69, 9.17) is 0 Å². The lowest BCUT2D eigenvalue weighted by atomic mass is 10.3. The number of nitrogens with zero attached hydrogens (tertiary/aromatic N) is 2. The van der Waals surface area contributed by atoms with Crippen LogP contribution < -0.4 is 10.6 Å². The molecule has 1 aromatic rings. The summed E-state index contributed by atoms with van der Waals surface area (Å²) < 4.78 is 0. The van der Waals surface area contributed by atoms with Crippen LogP contribution in [0.5, 0.6) is 0 Å². The van der Waals surface area contributed by atoms with Gasteiger partial charge in [0, 0.05) is 24.8 Å². The van der Waals surface area contributed by atoms with Crippen LogP contribution in [0.4, 0.5) is 11.8 Å². The van der Waals surface area contributed by atoms with Crippen LogP contribution in [-0.4, -0.2) is 23.1 Å². The zero-order valence-corrected chi connectivity index (χ0v) is 11.0. The lowest BCUT2D eigenvalue weighted by Gasteiger charge is -2.09. The average Bonchev–Trinajstić information content (AvgIpc) is 2.99. The molecule has 1 aromatic heterocycles. The van der Waals surface area contributed by atoms with Crippen molar-refractivity contribution in [2.45, 2.75) is 33.6 Å². The first-order valence-electron chi connectivity index (χ1n) is 6.52. The second-order valence-corrected chi connectivity index (χ2v) is 5.00. The Morgan fingerprint density at radius 2 is 2.12 bits per heavy atom. The monoisotopic (exact) mass is 234 g/mol. The van der Waals surface area contributed by atoms with Crippen molar-refractivity contribution in [3.63, 3.8) is 0 Å². The molecule has 0 aromatic carbocycles. The highest BCUT2D eigenvalue weighted by molar-refractivity contribution is 5.42. The number of hydrogen-bond donors (Lipinski definition) is 2. The number of anilines is 2. The Hall–Kier alpha value is -1.32. The van der Waals surface area contributed by atoms with Crippen LogP contribution in [0.1, 0.15) is 32.4 Å². The van der Waals surface area contributed by atoms with Crippen molar-refractivity contribution < 1.29 is 0 Å². The van der Waals surface area contributed by atoms with Crippen LogP contribution in [0, 0.1) is 18.8 Å². The molecule has 1 aliphatic carbocycles. The van der Waals surface area contributed by atoms with E-state index in [0.717, 1.165) is 48.8 Å². The molecule has 2 rings (SSSR count). The fourth-order valence-electron chi connectivity index (χ4n) is 1.89. The molecule has 1 saturated carbocycles. The van der Waals surface area contributed by atoms with Crippen LogP contribution in [0.15, 0.2) is 6.07 Å². The van der Waals surface area contributed by atoms with E-state index in [-0.39, 0.29) is 0 Å². The largest absolute Gasteiger partial charge is 0.370 e. The first kappa shape index (κ1) is 12.1. The fraction of sp³-hybridized carbons (Fsp3) is 0.692. The molecular formula is C13H22N4. The van der Waals surface area contributed by atoms with Gasteiger partial charge in [-0.3, -0.25) is 0 Å². The molecule has 4 heteroatoms. The van der Waals surface area contributed by atoms with Crippen molar-refractivity contribution in [1.29, 1.82) is 0 Å². The third kappa shape index (κ3) is 3.58. The van der Waals surface area contributed by atoms with E-state index in [2.05, 4.69) is 34.4 Å². The molecule has 0 bridgehead atoms. The molecule has 1 heterocycles. The van der Waals surface area contributed by atoms with Gasteiger partial charge in [0.15, 0.2) is 0 Å². The summed E-state index contributed by atoms with van der Waals surface area (Å²) in [4.78, 5) is 8.83. The molecule has 4 nitrogen and oxygen atoms in total. The van der Waals surface area contributed by atoms with E-state index >= 15 is 0 Å². The van der Waals surface area contributed by atoms with Crippen molar-refractivity contribution in [3.05, 3.63) is 11.8 Å². The highest BCUT2D eigenvalue weighted by Gasteiger charge is 2.31. The van der Waals surface area contributed by atoms with Gasteiger partial charge in [-0.25, -0.2) is 4.98 Å². The maximum Gasteiger partial charge on any atom is 0.224 e. The standard InChI is InChI=1S/C13H22N4/c1-4-5-14-13-16-10(3)7-12(17-13)15-8-11-6-9(11)2/h7,9,11H,4-6,8H2,1-3H3,(H2,14,15,16,17). The smallest absolute Gasteiger partial charge is 0.224 e. The lowest BCUT2D eigenvalue weighted by Crippen LogP contribution is -2.10. The van der Waals surface area contributed by atoms with E-state index in [1.165, 1.54) is 6.42 Å². The number of aryl methyl sites for hydroxylation is 1. The predicted molar refractivity (Wildman–Crippen MR) is 71.3 cm³/mol. The molecule has 94 valence electrons. The molecule has 0 spiro atoms. The topological polar surface area (TPSA) is 49.8 Å². The summed E-state index contributed by atoms with van der Waals surface area (Å²) in [6.07, 6.45) is 2.43. The molecule has 2 N–H and O–H groups in total. The Balaban J connectivity index is 1.93. The SMILES string of the molecule is CCCNc1nc(C)cc(NCC2CC2C)n1. The molecule has 17 heavy (non-hydrogen) atoms. The number of hydrogen-bond acceptors (Lipinski definition) is 4. The van der Waals surface area contributed by atoms with Crippen LogP contribution >= 0.6 is 0 Å². The molecule has 0 amide bonds. The Bertz CT molecular complexity index is 378. The molecule has 1 fully saturated rings. The van der Waals surface area contributed by atoms with Crippen LogP contribution in [0.25, 0.3) is 0 Å². The van der Waals surface area contributed by atoms with Gasteiger partial charge >= 0.3 is 0 Å². The van der Waals surface area contributed by atoms with Gasteiger partial charge in [-0.15, -0.1) is 0 Å². The predicted octanol–water partition coefficient (Wildman–Crippen LogP) is 2.67. The van der Waals surface area contributed by atoms with Gasteiger partial charge in [0.2, 0.25) is 5.95 Å². The molecule has 0 saturated heterocycles. The van der Waals surface area contributed by atoms with Gasteiger partial charge in [-0.2, -0.15) is 4.98 Å². The normalized spacial score (nSPS) is 22.3. The molecule has 0 aliphatic heterocycles. The van der Waals surface area contributed by atoms with Crippen molar-refractivity contribution >= 4 is 11.8 Å². The second-order valence-electron chi connectivity index (χ2n) is 5.00. The summed E-state index contributed by atoms with van der Waals surface area (Å²) in [5, 5.41) is 6.63. The second kappa shape index (κ2) is 5.34. The van der Waals surface area contributed by atoms with E-state index in [1.807, 2.05) is 13.0 Å². The third-order valence-corrected chi connectivity index (χ3v) is 3.21. The zero-order valence-electron chi connectivity index (χ0n) is 11.0. The summed E-state index contributed by atoms with van der Waals surface area (Å²) in [5.74, 6) is 3.38. The Morgan fingerprint density at radius 1 is 1.35 bits per heavy atom. The van der Waals surface area contributed by atoms with Gasteiger partial charge in [0.25, 0.3) is 0 Å². The first-order valence-corrected chi connectivity index (χ1v) is 6.52. The quantitative estimate of drug-likeness (QED) is 0.794. The van der Waals surface area contributed by atoms with Crippen LogP contribution in [-0.2, 0) is 0 Å². The highest BCUT2D eigenvalue weighted by Crippen LogP contribution is 2.37. The van der Waals surface area contributed by atoms with Crippen molar-refractivity contribution in [3.8, 4) is 0 Å². The third-order valence-electron chi connectivity index (χ3n) is 3.21. The van der Waals surface area contributed by atoms with E-state index in [0.29, 0.717) is 0 Å². The fourth-order valence-corrected chi connectivity index (χ4v) is 1.89. The number of nitrogens with one attached hydrogen (secondary N) is 2. The Labute approximate surface area is 103 Å². The zero-order chi connectivity index (χ0) is 12.3. The number of aromatic nitrogens is 2. The summed E-state index contributed by atoms with van der Waals surface area (Å²) in [6, 6.07) is 2.00. The van der Waals surface area contributed by atoms with E-state index in [9.17, 15) is 0 Å². The molecule has 2 unspecified atom stereocenters. The Morgan fingerprint density at radius 3 is 2.76 bits per heavy atom. The van der Waals surface area contributed by atoms with Gasteiger partial charge in [-0.05, 0) is 31.6 Å². The van der Waals surface area contributed by atoms with Gasteiger partial charge in [-0.1, -0.05) is 13.8 Å². The lowest BCUT2D eigenvalue weighted by molar-refractivity contribution is 0.783.